The molecule has 0 aliphatic rings. The average molecular weight is 467 g/mol. The lowest BCUT2D eigenvalue weighted by Gasteiger charge is -2.15. The first-order chi connectivity index (χ1) is 15.0. The first kappa shape index (κ1) is 24.7. The molecule has 0 fully saturated rings. The Labute approximate surface area is 184 Å². The molecule has 2 rings (SSSR count). The van der Waals surface area contributed by atoms with Crippen molar-refractivity contribution in [2.75, 3.05) is 23.8 Å². The van der Waals surface area contributed by atoms with Gasteiger partial charge in [-0.05, 0) is 25.1 Å². The second-order valence-corrected chi connectivity index (χ2v) is 7.55. The Morgan fingerprint density at radius 3 is 2.59 bits per heavy atom. The van der Waals surface area contributed by atoms with Gasteiger partial charge in [0.1, 0.15) is 21.8 Å². The summed E-state index contributed by atoms with van der Waals surface area (Å²) in [7, 11) is 1.61. The van der Waals surface area contributed by atoms with E-state index in [-0.39, 0.29) is 21.6 Å². The third-order valence-electron chi connectivity index (χ3n) is 4.30. The van der Waals surface area contributed by atoms with Gasteiger partial charge in [0.15, 0.2) is 5.57 Å². The van der Waals surface area contributed by atoms with Crippen LogP contribution in [0.4, 0.5) is 24.5 Å². The van der Waals surface area contributed by atoms with Crippen LogP contribution in [0.3, 0.4) is 0 Å². The van der Waals surface area contributed by atoms with Gasteiger partial charge in [-0.3, -0.25) is 19.0 Å². The first-order valence-electron chi connectivity index (χ1n) is 9.28. The number of alkyl halides is 3. The molecule has 1 aromatic heterocycles. The summed E-state index contributed by atoms with van der Waals surface area (Å²) in [5, 5.41) is 13.9. The summed E-state index contributed by atoms with van der Waals surface area (Å²) in [5.74, 6) is -1.38. The molecule has 0 aliphatic carbocycles. The van der Waals surface area contributed by atoms with E-state index in [9.17, 15) is 32.8 Å². The van der Waals surface area contributed by atoms with Crippen molar-refractivity contribution in [1.82, 2.24) is 9.88 Å². The van der Waals surface area contributed by atoms with Gasteiger partial charge >= 0.3 is 6.18 Å². The van der Waals surface area contributed by atoms with E-state index in [4.69, 9.17) is 0 Å². The number of benzene rings is 1. The Balaban J connectivity index is 2.47. The quantitative estimate of drug-likeness (QED) is 0.662. The van der Waals surface area contributed by atoms with Crippen molar-refractivity contribution in [3.05, 3.63) is 43.8 Å². The number of anilines is 2. The number of hydrogen-bond donors (Lipinski definition) is 2. The number of nitrogens with zero attached hydrogens (tertiary/aromatic N) is 3. The van der Waals surface area contributed by atoms with Crippen LogP contribution in [0.2, 0.25) is 0 Å². The van der Waals surface area contributed by atoms with Crippen molar-refractivity contribution in [3.63, 3.8) is 0 Å². The Bertz CT molecular complexity index is 1240. The summed E-state index contributed by atoms with van der Waals surface area (Å²) in [6.07, 6.45) is -3.26. The number of carbonyl (C=O) groups is 2. The lowest BCUT2D eigenvalue weighted by molar-refractivity contribution is -0.135. The number of hydrogen-bond acceptors (Lipinski definition) is 6. The monoisotopic (exact) mass is 467 g/mol. The Kier molecular flexibility index (Phi) is 7.82. The van der Waals surface area contributed by atoms with Crippen LogP contribution in [0.5, 0.6) is 0 Å². The zero-order valence-electron chi connectivity index (χ0n) is 17.4. The molecule has 0 saturated heterocycles. The van der Waals surface area contributed by atoms with Crippen LogP contribution in [0.25, 0.3) is 11.8 Å². The topological polar surface area (TPSA) is 107 Å². The standard InChI is InChI=1S/C20H20F3N5O3S/c1-4-28-18(31)16(10-25-13-6-5-7-14(8-13)27(3)12(2)29)32-19(28)15(9-24)17(30)26-11-20(21,22)23/h5-8,10,25H,4,11H2,1-3H3,(H,26,30). The maximum Gasteiger partial charge on any atom is 0.405 e. The number of nitrogens with one attached hydrogen (secondary N) is 2. The molecule has 2 N–H and O–H groups in total. The summed E-state index contributed by atoms with van der Waals surface area (Å²) in [6, 6.07) is 8.42. The highest BCUT2D eigenvalue weighted by Gasteiger charge is 2.28. The molecular weight excluding hydrogens is 447 g/mol. The van der Waals surface area contributed by atoms with Crippen LogP contribution in [-0.4, -0.2) is 36.2 Å². The number of rotatable bonds is 6. The molecule has 2 amide bonds. The van der Waals surface area contributed by atoms with E-state index in [0.29, 0.717) is 11.4 Å². The van der Waals surface area contributed by atoms with E-state index >= 15 is 0 Å². The molecule has 8 nitrogen and oxygen atoms in total. The van der Waals surface area contributed by atoms with Crippen LogP contribution in [-0.2, 0) is 16.1 Å². The molecule has 1 heterocycles. The largest absolute Gasteiger partial charge is 0.405 e. The third-order valence-corrected chi connectivity index (χ3v) is 5.43. The maximum absolute atomic E-state index is 12.7. The van der Waals surface area contributed by atoms with Gasteiger partial charge in [0.25, 0.3) is 11.5 Å². The molecule has 12 heteroatoms. The summed E-state index contributed by atoms with van der Waals surface area (Å²) in [5.41, 5.74) is 0.104. The lowest BCUT2D eigenvalue weighted by atomic mass is 10.2. The predicted octanol–water partition coefficient (Wildman–Crippen LogP) is 1.12. The zero-order valence-corrected chi connectivity index (χ0v) is 18.2. The van der Waals surface area contributed by atoms with E-state index in [1.54, 1.807) is 49.6 Å². The minimum Gasteiger partial charge on any atom is -0.360 e. The normalized spacial score (nSPS) is 12.7. The molecule has 32 heavy (non-hydrogen) atoms. The molecule has 0 aliphatic heterocycles. The fourth-order valence-corrected chi connectivity index (χ4v) is 3.68. The van der Waals surface area contributed by atoms with Gasteiger partial charge in [-0.15, -0.1) is 11.3 Å². The molecule has 0 saturated carbocycles. The van der Waals surface area contributed by atoms with Crippen molar-refractivity contribution >= 4 is 46.3 Å². The van der Waals surface area contributed by atoms with Crippen molar-refractivity contribution in [2.45, 2.75) is 26.6 Å². The summed E-state index contributed by atoms with van der Waals surface area (Å²) < 4.78 is 38.4. The molecular formula is C20H20F3N5O3S. The number of amides is 2. The molecule has 0 atom stereocenters. The van der Waals surface area contributed by atoms with Gasteiger partial charge in [-0.25, -0.2) is 0 Å². The van der Waals surface area contributed by atoms with Crippen LogP contribution in [0.1, 0.15) is 13.8 Å². The number of thiazole rings is 1. The van der Waals surface area contributed by atoms with Gasteiger partial charge in [-0.2, -0.15) is 18.4 Å². The third kappa shape index (κ3) is 5.98. The first-order valence-corrected chi connectivity index (χ1v) is 10.1. The highest BCUT2D eigenvalue weighted by Crippen LogP contribution is 2.18. The zero-order chi connectivity index (χ0) is 24.1. The smallest absolute Gasteiger partial charge is 0.360 e. The fraction of sp³-hybridized carbons (Fsp3) is 0.300. The van der Waals surface area contributed by atoms with Gasteiger partial charge in [0.2, 0.25) is 5.91 Å². The fourth-order valence-electron chi connectivity index (χ4n) is 2.59. The summed E-state index contributed by atoms with van der Waals surface area (Å²) >= 11 is 0.806. The predicted molar refractivity (Wildman–Crippen MR) is 115 cm³/mol. The maximum atomic E-state index is 12.7. The highest BCUT2D eigenvalue weighted by molar-refractivity contribution is 7.07. The van der Waals surface area contributed by atoms with Crippen molar-refractivity contribution < 1.29 is 22.8 Å². The molecule has 0 spiro atoms. The number of halogens is 3. The second-order valence-electron chi connectivity index (χ2n) is 6.52. The molecule has 2 aromatic rings. The molecule has 0 radical (unpaired) electrons. The van der Waals surface area contributed by atoms with Crippen LogP contribution in [0.15, 0.2) is 29.1 Å². The van der Waals surface area contributed by atoms with Crippen LogP contribution >= 0.6 is 11.3 Å². The lowest BCUT2D eigenvalue weighted by Crippen LogP contribution is -2.37. The molecule has 1 aromatic carbocycles. The molecule has 0 bridgehead atoms. The van der Waals surface area contributed by atoms with Gasteiger partial charge in [0.05, 0.1) is 0 Å². The highest BCUT2D eigenvalue weighted by atomic mass is 32.1. The van der Waals surface area contributed by atoms with E-state index in [0.717, 1.165) is 15.9 Å². The van der Waals surface area contributed by atoms with Gasteiger partial charge in [0, 0.05) is 38.1 Å². The number of nitriles is 1. The van der Waals surface area contributed by atoms with Crippen molar-refractivity contribution in [2.24, 2.45) is 0 Å². The Morgan fingerprint density at radius 1 is 1.34 bits per heavy atom. The second kappa shape index (κ2) is 10.1. The molecule has 0 unspecified atom stereocenters. The summed E-state index contributed by atoms with van der Waals surface area (Å²) in [6.45, 7) is 1.54. The molecule has 170 valence electrons. The number of aromatic nitrogens is 1. The SMILES string of the molecule is CCn1c(=C(C#N)C(=O)NCC(F)(F)F)sc(=CNc2cccc(N(C)C(C)=O)c2)c1=O. The Hall–Kier alpha value is -3.59. The average Bonchev–Trinajstić information content (AvgIpc) is 3.05. The van der Waals surface area contributed by atoms with Crippen molar-refractivity contribution in [3.8, 4) is 6.07 Å². The van der Waals surface area contributed by atoms with E-state index in [1.807, 2.05) is 0 Å². The van der Waals surface area contributed by atoms with E-state index in [2.05, 4.69) is 5.32 Å². The number of carbonyl (C=O) groups excluding carboxylic acids is 2. The van der Waals surface area contributed by atoms with Gasteiger partial charge in [-0.1, -0.05) is 6.07 Å². The van der Waals surface area contributed by atoms with E-state index in [1.165, 1.54) is 18.0 Å². The van der Waals surface area contributed by atoms with Crippen LogP contribution < -0.4 is 30.3 Å². The Morgan fingerprint density at radius 2 is 2.03 bits per heavy atom. The minimum absolute atomic E-state index is 0.0437. The minimum atomic E-state index is -4.63. The van der Waals surface area contributed by atoms with Gasteiger partial charge < -0.3 is 15.5 Å². The van der Waals surface area contributed by atoms with E-state index < -0.39 is 29.8 Å². The van der Waals surface area contributed by atoms with Crippen molar-refractivity contribution in [1.29, 1.82) is 5.26 Å². The van der Waals surface area contributed by atoms with Crippen LogP contribution in [0, 0.1) is 11.3 Å². The summed E-state index contributed by atoms with van der Waals surface area (Å²) in [4.78, 5) is 37.8.